The first kappa shape index (κ1) is 15.6. The van der Waals surface area contributed by atoms with Gasteiger partial charge < -0.3 is 10.6 Å². The summed E-state index contributed by atoms with van der Waals surface area (Å²) >= 11 is 0. The summed E-state index contributed by atoms with van der Waals surface area (Å²) in [6, 6.07) is 14.6. The molecule has 1 atom stereocenters. The number of hydrogen-bond acceptors (Lipinski definition) is 3. The minimum absolute atomic E-state index is 0.177. The topological polar surface area (TPSA) is 64.9 Å². The van der Waals surface area contributed by atoms with Gasteiger partial charge in [-0.1, -0.05) is 24.3 Å². The molecule has 0 fully saturated rings. The molecule has 2 aromatic rings. The average molecular weight is 293 g/mol. The van der Waals surface area contributed by atoms with Gasteiger partial charge in [-0.15, -0.1) is 0 Å². The first-order valence-electron chi connectivity index (χ1n) is 7.15. The quantitative estimate of drug-likeness (QED) is 0.905. The molecular weight excluding hydrogens is 274 g/mol. The first-order valence-corrected chi connectivity index (χ1v) is 7.15. The van der Waals surface area contributed by atoms with E-state index in [1.807, 2.05) is 32.0 Å². The normalized spacial score (nSPS) is 11.4. The highest BCUT2D eigenvalue weighted by atomic mass is 16.2. The molecule has 0 saturated carbocycles. The molecular formula is C18H19N3O. The van der Waals surface area contributed by atoms with E-state index in [4.69, 9.17) is 5.26 Å². The van der Waals surface area contributed by atoms with Crippen molar-refractivity contribution in [3.05, 3.63) is 59.2 Å². The monoisotopic (exact) mass is 293 g/mol. The van der Waals surface area contributed by atoms with E-state index in [0.717, 1.165) is 11.3 Å². The lowest BCUT2D eigenvalue weighted by Gasteiger charge is -2.18. The number of benzene rings is 2. The third-order valence-electron chi connectivity index (χ3n) is 3.68. The van der Waals surface area contributed by atoms with Gasteiger partial charge in [-0.3, -0.25) is 4.79 Å². The number of amides is 1. The fourth-order valence-electron chi connectivity index (χ4n) is 2.14. The van der Waals surface area contributed by atoms with Gasteiger partial charge in [0.1, 0.15) is 12.1 Å². The lowest BCUT2D eigenvalue weighted by molar-refractivity contribution is -0.116. The lowest BCUT2D eigenvalue weighted by Crippen LogP contribution is -2.32. The van der Waals surface area contributed by atoms with E-state index in [9.17, 15) is 4.79 Å². The van der Waals surface area contributed by atoms with Crippen molar-refractivity contribution in [2.24, 2.45) is 0 Å². The second-order valence-electron chi connectivity index (χ2n) is 5.26. The van der Waals surface area contributed by atoms with E-state index in [2.05, 4.69) is 16.7 Å². The van der Waals surface area contributed by atoms with Crippen molar-refractivity contribution in [1.82, 2.24) is 0 Å². The van der Waals surface area contributed by atoms with Crippen molar-refractivity contribution in [3.8, 4) is 6.07 Å². The molecule has 0 aliphatic rings. The van der Waals surface area contributed by atoms with Gasteiger partial charge in [0.05, 0.1) is 11.3 Å². The highest BCUT2D eigenvalue weighted by Crippen LogP contribution is 2.19. The van der Waals surface area contributed by atoms with E-state index in [1.54, 1.807) is 31.2 Å². The van der Waals surface area contributed by atoms with Crippen LogP contribution in [0.15, 0.2) is 42.5 Å². The van der Waals surface area contributed by atoms with Crippen LogP contribution in [0.2, 0.25) is 0 Å². The van der Waals surface area contributed by atoms with Crippen LogP contribution in [-0.2, 0) is 4.79 Å². The zero-order valence-corrected chi connectivity index (χ0v) is 13.0. The molecule has 0 spiro atoms. The molecule has 0 aliphatic carbocycles. The Balaban J connectivity index is 2.10. The van der Waals surface area contributed by atoms with Gasteiger partial charge in [0.2, 0.25) is 5.91 Å². The summed E-state index contributed by atoms with van der Waals surface area (Å²) in [5.41, 5.74) is 4.22. The predicted molar refractivity (Wildman–Crippen MR) is 88.8 cm³/mol. The molecule has 0 bridgehead atoms. The molecule has 1 amide bonds. The molecule has 2 aromatic carbocycles. The van der Waals surface area contributed by atoms with E-state index in [1.165, 1.54) is 5.56 Å². The van der Waals surface area contributed by atoms with E-state index >= 15 is 0 Å². The molecule has 4 nitrogen and oxygen atoms in total. The number of para-hydroxylation sites is 1. The van der Waals surface area contributed by atoms with Crippen LogP contribution in [-0.4, -0.2) is 11.9 Å². The van der Waals surface area contributed by atoms with Crippen LogP contribution in [0.25, 0.3) is 0 Å². The van der Waals surface area contributed by atoms with Crippen LogP contribution in [0.5, 0.6) is 0 Å². The number of carbonyl (C=O) groups excluding carboxylic acids is 1. The standard InChI is InChI=1S/C18H19N3O/c1-12-7-6-10-16(13(12)2)20-14(3)18(22)21-17-9-5-4-8-15(17)11-19/h4-10,14,20H,1-3H3,(H,21,22)/t14-/m0/s1. The van der Waals surface area contributed by atoms with Gasteiger partial charge >= 0.3 is 0 Å². The molecule has 2 rings (SSSR count). The molecule has 0 heterocycles. The molecule has 4 heteroatoms. The summed E-state index contributed by atoms with van der Waals surface area (Å²) in [5, 5.41) is 15.1. The van der Waals surface area contributed by atoms with Crippen molar-refractivity contribution < 1.29 is 4.79 Å². The maximum absolute atomic E-state index is 12.3. The molecule has 0 aliphatic heterocycles. The maximum Gasteiger partial charge on any atom is 0.246 e. The largest absolute Gasteiger partial charge is 0.374 e. The molecule has 112 valence electrons. The van der Waals surface area contributed by atoms with Gasteiger partial charge in [-0.05, 0) is 50.1 Å². The second kappa shape index (κ2) is 6.77. The van der Waals surface area contributed by atoms with Gasteiger partial charge in [-0.2, -0.15) is 5.26 Å². The summed E-state index contributed by atoms with van der Waals surface area (Å²) < 4.78 is 0. The van der Waals surface area contributed by atoms with Crippen molar-refractivity contribution in [1.29, 1.82) is 5.26 Å². The maximum atomic E-state index is 12.3. The smallest absolute Gasteiger partial charge is 0.246 e. The van der Waals surface area contributed by atoms with Crippen molar-refractivity contribution in [2.45, 2.75) is 26.8 Å². The number of nitriles is 1. The Morgan fingerprint density at radius 3 is 2.50 bits per heavy atom. The average Bonchev–Trinajstić information content (AvgIpc) is 2.52. The van der Waals surface area contributed by atoms with Gasteiger partial charge in [-0.25, -0.2) is 0 Å². The Kier molecular flexibility index (Phi) is 4.80. The summed E-state index contributed by atoms with van der Waals surface area (Å²) in [6.07, 6.45) is 0. The Morgan fingerprint density at radius 1 is 1.09 bits per heavy atom. The van der Waals surface area contributed by atoms with Crippen LogP contribution < -0.4 is 10.6 Å². The third-order valence-corrected chi connectivity index (χ3v) is 3.68. The zero-order valence-electron chi connectivity index (χ0n) is 13.0. The fraction of sp³-hybridized carbons (Fsp3) is 0.222. The third kappa shape index (κ3) is 3.44. The lowest BCUT2D eigenvalue weighted by atomic mass is 10.1. The Bertz CT molecular complexity index is 731. The van der Waals surface area contributed by atoms with Crippen LogP contribution in [0, 0.1) is 25.2 Å². The zero-order chi connectivity index (χ0) is 16.1. The van der Waals surface area contributed by atoms with E-state index in [0.29, 0.717) is 11.3 Å². The van der Waals surface area contributed by atoms with E-state index < -0.39 is 6.04 Å². The highest BCUT2D eigenvalue weighted by molar-refractivity contribution is 5.97. The molecule has 0 radical (unpaired) electrons. The number of hydrogen-bond donors (Lipinski definition) is 2. The first-order chi connectivity index (χ1) is 10.5. The summed E-state index contributed by atoms with van der Waals surface area (Å²) in [7, 11) is 0. The molecule has 0 unspecified atom stereocenters. The summed E-state index contributed by atoms with van der Waals surface area (Å²) in [6.45, 7) is 5.85. The molecule has 0 saturated heterocycles. The number of aryl methyl sites for hydroxylation is 1. The van der Waals surface area contributed by atoms with Gasteiger partial charge in [0, 0.05) is 5.69 Å². The van der Waals surface area contributed by atoms with Crippen molar-refractivity contribution in [2.75, 3.05) is 10.6 Å². The van der Waals surface area contributed by atoms with Gasteiger partial charge in [0.25, 0.3) is 0 Å². The number of rotatable bonds is 4. The molecule has 2 N–H and O–H groups in total. The Hall–Kier alpha value is -2.80. The Labute approximate surface area is 130 Å². The van der Waals surface area contributed by atoms with Gasteiger partial charge in [0.15, 0.2) is 0 Å². The van der Waals surface area contributed by atoms with Crippen LogP contribution >= 0.6 is 0 Å². The number of carbonyl (C=O) groups is 1. The van der Waals surface area contributed by atoms with Crippen LogP contribution in [0.1, 0.15) is 23.6 Å². The summed E-state index contributed by atoms with van der Waals surface area (Å²) in [5.74, 6) is -0.177. The molecule has 0 aromatic heterocycles. The van der Waals surface area contributed by atoms with Crippen LogP contribution in [0.3, 0.4) is 0 Å². The highest BCUT2D eigenvalue weighted by Gasteiger charge is 2.15. The number of nitrogens with zero attached hydrogens (tertiary/aromatic N) is 1. The summed E-state index contributed by atoms with van der Waals surface area (Å²) in [4.78, 5) is 12.3. The minimum Gasteiger partial charge on any atom is -0.374 e. The molecule has 22 heavy (non-hydrogen) atoms. The SMILES string of the molecule is Cc1cccc(N[C@@H](C)C(=O)Nc2ccccc2C#N)c1C. The van der Waals surface area contributed by atoms with Crippen molar-refractivity contribution >= 4 is 17.3 Å². The number of nitrogens with one attached hydrogen (secondary N) is 2. The fourth-order valence-corrected chi connectivity index (χ4v) is 2.14. The Morgan fingerprint density at radius 2 is 1.77 bits per heavy atom. The van der Waals surface area contributed by atoms with Crippen LogP contribution in [0.4, 0.5) is 11.4 Å². The second-order valence-corrected chi connectivity index (χ2v) is 5.26. The predicted octanol–water partition coefficient (Wildman–Crippen LogP) is 3.61. The minimum atomic E-state index is -0.410. The van der Waals surface area contributed by atoms with Crippen molar-refractivity contribution in [3.63, 3.8) is 0 Å². The number of anilines is 2. The van der Waals surface area contributed by atoms with E-state index in [-0.39, 0.29) is 5.91 Å².